The second kappa shape index (κ2) is 11.4. The fraction of sp³-hybridized carbons (Fsp3) is 0.600. The highest BCUT2D eigenvalue weighted by molar-refractivity contribution is 5.66. The molecule has 2 fully saturated rings. The van der Waals surface area contributed by atoms with Crippen LogP contribution in [0.3, 0.4) is 0 Å². The molecule has 0 aliphatic carbocycles. The zero-order valence-electron chi connectivity index (χ0n) is 19.7. The molecular weight excluding hydrogens is 444 g/mol. The van der Waals surface area contributed by atoms with Crippen LogP contribution in [-0.4, -0.2) is 69.1 Å². The first-order chi connectivity index (χ1) is 16.4. The zero-order valence-corrected chi connectivity index (χ0v) is 19.7. The van der Waals surface area contributed by atoms with E-state index in [-0.39, 0.29) is 37.1 Å². The van der Waals surface area contributed by atoms with E-state index < -0.39 is 30.4 Å². The SMILES string of the molecule is COC1CC(CC2C=CC(OC(C)=O)C(COC(C)=O)O2)C2OC(c3ccccc3)OCC2O1. The molecule has 186 valence electrons. The van der Waals surface area contributed by atoms with E-state index in [9.17, 15) is 9.59 Å². The van der Waals surface area contributed by atoms with Crippen molar-refractivity contribution in [2.45, 2.75) is 69.8 Å². The first-order valence-corrected chi connectivity index (χ1v) is 11.6. The van der Waals surface area contributed by atoms with Crippen LogP contribution in [0.2, 0.25) is 0 Å². The summed E-state index contributed by atoms with van der Waals surface area (Å²) >= 11 is 0. The Hall–Kier alpha value is -2.30. The van der Waals surface area contributed by atoms with Gasteiger partial charge in [-0.2, -0.15) is 0 Å². The Morgan fingerprint density at radius 3 is 2.53 bits per heavy atom. The molecular formula is C25H32O9. The summed E-state index contributed by atoms with van der Waals surface area (Å²) in [7, 11) is 1.62. The van der Waals surface area contributed by atoms with Crippen LogP contribution in [0.25, 0.3) is 0 Å². The van der Waals surface area contributed by atoms with E-state index in [1.807, 2.05) is 36.4 Å². The van der Waals surface area contributed by atoms with Gasteiger partial charge in [0.1, 0.15) is 24.9 Å². The van der Waals surface area contributed by atoms with Crippen molar-refractivity contribution in [2.75, 3.05) is 20.3 Å². The highest BCUT2D eigenvalue weighted by Crippen LogP contribution is 2.39. The summed E-state index contributed by atoms with van der Waals surface area (Å²) in [6.07, 6.45) is 2.14. The van der Waals surface area contributed by atoms with Crippen molar-refractivity contribution in [3.8, 4) is 0 Å². The third kappa shape index (κ3) is 6.22. The maximum Gasteiger partial charge on any atom is 0.303 e. The summed E-state index contributed by atoms with van der Waals surface area (Å²) in [6, 6.07) is 9.81. The minimum Gasteiger partial charge on any atom is -0.463 e. The zero-order chi connectivity index (χ0) is 24.1. The summed E-state index contributed by atoms with van der Waals surface area (Å²) in [5.74, 6) is -0.788. The Labute approximate surface area is 199 Å². The molecule has 2 saturated heterocycles. The Kier molecular flexibility index (Phi) is 8.33. The van der Waals surface area contributed by atoms with Crippen LogP contribution >= 0.6 is 0 Å². The number of methoxy groups -OCH3 is 1. The van der Waals surface area contributed by atoms with Crippen molar-refractivity contribution < 1.29 is 42.7 Å². The third-order valence-electron chi connectivity index (χ3n) is 6.20. The summed E-state index contributed by atoms with van der Waals surface area (Å²) in [4.78, 5) is 22.8. The molecule has 0 amide bonds. The highest BCUT2D eigenvalue weighted by Gasteiger charge is 2.45. The number of ether oxygens (including phenoxy) is 7. The number of fused-ring (bicyclic) bond motifs is 1. The van der Waals surface area contributed by atoms with Gasteiger partial charge in [-0.1, -0.05) is 36.4 Å². The molecule has 34 heavy (non-hydrogen) atoms. The van der Waals surface area contributed by atoms with Gasteiger partial charge in [0.15, 0.2) is 12.6 Å². The number of carbonyl (C=O) groups is 2. The third-order valence-corrected chi connectivity index (χ3v) is 6.20. The number of hydrogen-bond donors (Lipinski definition) is 0. The lowest BCUT2D eigenvalue weighted by atomic mass is 9.85. The van der Waals surface area contributed by atoms with Gasteiger partial charge in [-0.05, 0) is 18.4 Å². The van der Waals surface area contributed by atoms with E-state index in [2.05, 4.69) is 0 Å². The number of esters is 2. The van der Waals surface area contributed by atoms with Crippen molar-refractivity contribution in [3.05, 3.63) is 48.0 Å². The average Bonchev–Trinajstić information content (AvgIpc) is 2.83. The second-order valence-corrected chi connectivity index (χ2v) is 8.72. The van der Waals surface area contributed by atoms with Crippen LogP contribution < -0.4 is 0 Å². The van der Waals surface area contributed by atoms with Crippen LogP contribution in [-0.2, 0) is 42.7 Å². The van der Waals surface area contributed by atoms with Crippen molar-refractivity contribution in [3.63, 3.8) is 0 Å². The topological polar surface area (TPSA) is 98.8 Å². The molecule has 0 bridgehead atoms. The van der Waals surface area contributed by atoms with Gasteiger partial charge in [0.05, 0.1) is 18.8 Å². The Morgan fingerprint density at radius 1 is 1.03 bits per heavy atom. The summed E-state index contributed by atoms with van der Waals surface area (Å²) in [5, 5.41) is 0. The van der Waals surface area contributed by atoms with E-state index >= 15 is 0 Å². The molecule has 4 rings (SSSR count). The molecule has 1 aromatic rings. The summed E-state index contributed by atoms with van der Waals surface area (Å²) < 4.78 is 40.6. The monoisotopic (exact) mass is 476 g/mol. The quantitative estimate of drug-likeness (QED) is 0.434. The number of rotatable bonds is 7. The van der Waals surface area contributed by atoms with Crippen molar-refractivity contribution >= 4 is 11.9 Å². The molecule has 3 heterocycles. The summed E-state index contributed by atoms with van der Waals surface area (Å²) in [5.41, 5.74) is 0.952. The fourth-order valence-electron chi connectivity index (χ4n) is 4.65. The predicted octanol–water partition coefficient (Wildman–Crippen LogP) is 2.69. The van der Waals surface area contributed by atoms with Crippen LogP contribution in [0.4, 0.5) is 0 Å². The lowest BCUT2D eigenvalue weighted by Crippen LogP contribution is -2.53. The molecule has 3 aliphatic rings. The normalized spacial score (nSPS) is 35.3. The maximum absolute atomic E-state index is 11.5. The smallest absolute Gasteiger partial charge is 0.303 e. The van der Waals surface area contributed by atoms with Crippen molar-refractivity contribution in [1.82, 2.24) is 0 Å². The number of benzene rings is 1. The molecule has 0 radical (unpaired) electrons. The minimum atomic E-state index is -0.621. The molecule has 9 heteroatoms. The average molecular weight is 477 g/mol. The molecule has 0 aromatic heterocycles. The standard InChI is InChI=1S/C25H32O9/c1-15(26)29-13-21-20(31-16(2)27)10-9-19(32-21)11-18-12-23(28-3)33-22-14-30-25(34-24(18)22)17-7-5-4-6-8-17/h4-10,18-25H,11-14H2,1-3H3. The molecule has 1 aromatic carbocycles. The Bertz CT molecular complexity index is 857. The molecule has 0 saturated carbocycles. The van der Waals surface area contributed by atoms with E-state index in [1.54, 1.807) is 13.2 Å². The molecule has 0 spiro atoms. The van der Waals surface area contributed by atoms with Crippen LogP contribution in [0.15, 0.2) is 42.5 Å². The van der Waals surface area contributed by atoms with Crippen LogP contribution in [0, 0.1) is 5.92 Å². The first kappa shape index (κ1) is 24.8. The van der Waals surface area contributed by atoms with Gasteiger partial charge in [0.2, 0.25) is 0 Å². The molecule has 8 atom stereocenters. The Morgan fingerprint density at radius 2 is 1.82 bits per heavy atom. The van der Waals surface area contributed by atoms with Crippen LogP contribution in [0.1, 0.15) is 38.5 Å². The molecule has 3 aliphatic heterocycles. The van der Waals surface area contributed by atoms with Gasteiger partial charge in [0, 0.05) is 32.9 Å². The van der Waals surface area contributed by atoms with E-state index in [4.69, 9.17) is 33.2 Å². The van der Waals surface area contributed by atoms with E-state index in [0.717, 1.165) is 5.56 Å². The molecule has 9 nitrogen and oxygen atoms in total. The second-order valence-electron chi connectivity index (χ2n) is 8.72. The van der Waals surface area contributed by atoms with E-state index in [1.165, 1.54) is 13.8 Å². The lowest BCUT2D eigenvalue weighted by molar-refractivity contribution is -0.329. The lowest BCUT2D eigenvalue weighted by Gasteiger charge is -2.46. The van der Waals surface area contributed by atoms with Gasteiger partial charge in [-0.25, -0.2) is 0 Å². The van der Waals surface area contributed by atoms with Gasteiger partial charge in [0.25, 0.3) is 0 Å². The van der Waals surface area contributed by atoms with Gasteiger partial charge in [-0.15, -0.1) is 0 Å². The minimum absolute atomic E-state index is 0.00489. The van der Waals surface area contributed by atoms with E-state index in [0.29, 0.717) is 19.4 Å². The maximum atomic E-state index is 11.5. The first-order valence-electron chi connectivity index (χ1n) is 11.6. The van der Waals surface area contributed by atoms with Gasteiger partial charge in [-0.3, -0.25) is 9.59 Å². The van der Waals surface area contributed by atoms with Gasteiger partial charge >= 0.3 is 11.9 Å². The van der Waals surface area contributed by atoms with Gasteiger partial charge < -0.3 is 33.2 Å². The largest absolute Gasteiger partial charge is 0.463 e. The number of carbonyl (C=O) groups excluding carboxylic acids is 2. The van der Waals surface area contributed by atoms with Crippen LogP contribution in [0.5, 0.6) is 0 Å². The predicted molar refractivity (Wildman–Crippen MR) is 118 cm³/mol. The summed E-state index contributed by atoms with van der Waals surface area (Å²) in [6.45, 7) is 3.05. The van der Waals surface area contributed by atoms with Crippen molar-refractivity contribution in [1.29, 1.82) is 0 Å². The molecule has 0 N–H and O–H groups in total. The Balaban J connectivity index is 1.47. The van der Waals surface area contributed by atoms with Crippen molar-refractivity contribution in [2.24, 2.45) is 5.92 Å². The highest BCUT2D eigenvalue weighted by atomic mass is 16.7. The molecule has 8 unspecified atom stereocenters. The fourth-order valence-corrected chi connectivity index (χ4v) is 4.65. The number of hydrogen-bond acceptors (Lipinski definition) is 9.